The standard InChI is InChI=1S/C20H18ClFN2O3S/c1-25-16-13(21)8-12-9(2-3-10(12)15(16)22)14-11-4-5-24-19(23)17(11)28-18(14)20-26-6-7-27-20/h4-5,8-9,20H,2-3,6-7H2,1H3,(H2,23,24)/t9-/m1/s1. The number of hydrogen-bond acceptors (Lipinski definition) is 6. The normalized spacial score (nSPS) is 19.5. The summed E-state index contributed by atoms with van der Waals surface area (Å²) < 4.78 is 32.6. The van der Waals surface area contributed by atoms with Crippen LogP contribution in [0.25, 0.3) is 10.1 Å². The maximum Gasteiger partial charge on any atom is 0.193 e. The number of anilines is 1. The number of pyridine rings is 1. The number of hydrogen-bond donors (Lipinski definition) is 1. The zero-order chi connectivity index (χ0) is 19.4. The molecular weight excluding hydrogens is 403 g/mol. The molecular formula is C20H18ClFN2O3S. The van der Waals surface area contributed by atoms with Crippen LogP contribution >= 0.6 is 22.9 Å². The Bertz CT molecular complexity index is 1080. The number of halogens is 2. The van der Waals surface area contributed by atoms with E-state index in [0.717, 1.165) is 32.5 Å². The monoisotopic (exact) mass is 420 g/mol. The van der Waals surface area contributed by atoms with Crippen LogP contribution in [0.15, 0.2) is 18.3 Å². The third kappa shape index (κ3) is 2.61. The second kappa shape index (κ2) is 6.84. The van der Waals surface area contributed by atoms with E-state index in [-0.39, 0.29) is 22.5 Å². The van der Waals surface area contributed by atoms with Crippen molar-refractivity contribution in [2.45, 2.75) is 25.0 Å². The van der Waals surface area contributed by atoms with Gasteiger partial charge < -0.3 is 19.9 Å². The molecule has 0 radical (unpaired) electrons. The second-order valence-corrected chi connectivity index (χ2v) is 8.35. The van der Waals surface area contributed by atoms with Gasteiger partial charge in [-0.3, -0.25) is 0 Å². The predicted molar refractivity (Wildman–Crippen MR) is 107 cm³/mol. The molecule has 3 heterocycles. The van der Waals surface area contributed by atoms with Gasteiger partial charge in [-0.15, -0.1) is 11.3 Å². The summed E-state index contributed by atoms with van der Waals surface area (Å²) in [6, 6.07) is 3.78. The summed E-state index contributed by atoms with van der Waals surface area (Å²) in [5.74, 6) is 0.187. The van der Waals surface area contributed by atoms with Gasteiger partial charge in [0.15, 0.2) is 17.9 Å². The van der Waals surface area contributed by atoms with Gasteiger partial charge in [-0.05, 0) is 41.7 Å². The van der Waals surface area contributed by atoms with Crippen LogP contribution in [-0.4, -0.2) is 25.3 Å². The first kappa shape index (κ1) is 18.1. The lowest BCUT2D eigenvalue weighted by Gasteiger charge is -2.18. The van der Waals surface area contributed by atoms with E-state index in [9.17, 15) is 4.39 Å². The first-order valence-corrected chi connectivity index (χ1v) is 10.2. The van der Waals surface area contributed by atoms with Crippen molar-refractivity contribution in [3.05, 3.63) is 50.7 Å². The molecule has 2 N–H and O–H groups in total. The molecule has 1 fully saturated rings. The summed E-state index contributed by atoms with van der Waals surface area (Å²) in [4.78, 5) is 5.19. The van der Waals surface area contributed by atoms with E-state index in [2.05, 4.69) is 4.98 Å². The zero-order valence-electron chi connectivity index (χ0n) is 15.1. The number of ether oxygens (including phenoxy) is 3. The van der Waals surface area contributed by atoms with Crippen molar-refractivity contribution in [3.63, 3.8) is 0 Å². The molecule has 1 saturated heterocycles. The Balaban J connectivity index is 1.73. The molecule has 0 saturated carbocycles. The minimum atomic E-state index is -0.436. The molecule has 1 aliphatic heterocycles. The van der Waals surface area contributed by atoms with Crippen LogP contribution < -0.4 is 10.5 Å². The van der Waals surface area contributed by atoms with Crippen LogP contribution in [0.3, 0.4) is 0 Å². The van der Waals surface area contributed by atoms with E-state index in [0.29, 0.717) is 31.0 Å². The van der Waals surface area contributed by atoms with E-state index in [4.69, 9.17) is 31.5 Å². The molecule has 28 heavy (non-hydrogen) atoms. The van der Waals surface area contributed by atoms with Crippen molar-refractivity contribution < 1.29 is 18.6 Å². The molecule has 0 unspecified atom stereocenters. The van der Waals surface area contributed by atoms with Crippen molar-refractivity contribution in [3.8, 4) is 5.75 Å². The summed E-state index contributed by atoms with van der Waals surface area (Å²) in [7, 11) is 1.43. The molecule has 5 rings (SSSR count). The van der Waals surface area contributed by atoms with Crippen molar-refractivity contribution in [2.24, 2.45) is 0 Å². The van der Waals surface area contributed by atoms with Crippen molar-refractivity contribution in [2.75, 3.05) is 26.1 Å². The smallest absolute Gasteiger partial charge is 0.193 e. The number of nitrogens with two attached hydrogens (primary N) is 1. The number of benzene rings is 1. The van der Waals surface area contributed by atoms with Gasteiger partial charge in [0.1, 0.15) is 5.82 Å². The largest absolute Gasteiger partial charge is 0.492 e. The Hall–Kier alpha value is -1.93. The highest BCUT2D eigenvalue weighted by Gasteiger charge is 2.36. The first-order chi connectivity index (χ1) is 13.6. The van der Waals surface area contributed by atoms with Crippen LogP contribution in [0.1, 0.15) is 40.2 Å². The van der Waals surface area contributed by atoms with Crippen molar-refractivity contribution >= 4 is 38.8 Å². The lowest BCUT2D eigenvalue weighted by Crippen LogP contribution is -2.05. The van der Waals surface area contributed by atoms with Gasteiger partial charge in [0.05, 0.1) is 34.9 Å². The van der Waals surface area contributed by atoms with E-state index < -0.39 is 6.29 Å². The molecule has 2 aliphatic rings. The maximum absolute atomic E-state index is 14.9. The molecule has 1 atom stereocenters. The summed E-state index contributed by atoms with van der Waals surface area (Å²) in [6.07, 6.45) is 2.65. The average molecular weight is 421 g/mol. The molecule has 0 amide bonds. The van der Waals surface area contributed by atoms with Gasteiger partial charge in [-0.25, -0.2) is 9.37 Å². The predicted octanol–water partition coefficient (Wildman–Crippen LogP) is 4.80. The third-order valence-electron chi connectivity index (χ3n) is 5.46. The van der Waals surface area contributed by atoms with Crippen molar-refractivity contribution in [1.29, 1.82) is 0 Å². The van der Waals surface area contributed by atoms with Crippen LogP contribution in [0.2, 0.25) is 5.02 Å². The topological polar surface area (TPSA) is 66.6 Å². The summed E-state index contributed by atoms with van der Waals surface area (Å²) >= 11 is 7.85. The Labute approximate surface area is 170 Å². The fraction of sp³-hybridized carbons (Fsp3) is 0.350. The lowest BCUT2D eigenvalue weighted by molar-refractivity contribution is -0.0419. The van der Waals surface area contributed by atoms with Gasteiger partial charge in [-0.2, -0.15) is 0 Å². The number of rotatable bonds is 3. The molecule has 146 valence electrons. The number of methoxy groups -OCH3 is 1. The van der Waals surface area contributed by atoms with E-state index in [1.54, 1.807) is 6.20 Å². The molecule has 1 aromatic carbocycles. The Morgan fingerprint density at radius 1 is 1.36 bits per heavy atom. The Morgan fingerprint density at radius 3 is 2.89 bits per heavy atom. The van der Waals surface area contributed by atoms with E-state index in [1.807, 2.05) is 12.1 Å². The molecule has 3 aromatic rings. The molecule has 2 aromatic heterocycles. The SMILES string of the molecule is COc1c(Cl)cc2c(c1F)CC[C@H]2c1c(C2OCCO2)sc2c(N)nccc12. The molecule has 8 heteroatoms. The summed E-state index contributed by atoms with van der Waals surface area (Å²) in [5.41, 5.74) is 8.75. The van der Waals surface area contributed by atoms with E-state index in [1.165, 1.54) is 18.4 Å². The van der Waals surface area contributed by atoms with E-state index >= 15 is 0 Å². The third-order valence-corrected chi connectivity index (χ3v) is 7.00. The highest BCUT2D eigenvalue weighted by atomic mass is 35.5. The minimum absolute atomic E-state index is 0.0220. The average Bonchev–Trinajstić information content (AvgIpc) is 3.40. The molecule has 1 aliphatic carbocycles. The lowest BCUT2D eigenvalue weighted by atomic mass is 9.90. The Morgan fingerprint density at radius 2 is 2.14 bits per heavy atom. The maximum atomic E-state index is 14.9. The molecule has 5 nitrogen and oxygen atoms in total. The highest BCUT2D eigenvalue weighted by molar-refractivity contribution is 7.20. The molecule has 0 spiro atoms. The van der Waals surface area contributed by atoms with Gasteiger partial charge in [-0.1, -0.05) is 11.6 Å². The quantitative estimate of drug-likeness (QED) is 0.659. The first-order valence-electron chi connectivity index (χ1n) is 9.05. The van der Waals surface area contributed by atoms with Crippen LogP contribution in [0.4, 0.5) is 10.2 Å². The van der Waals surface area contributed by atoms with Crippen LogP contribution in [-0.2, 0) is 15.9 Å². The number of thiophene rings is 1. The van der Waals surface area contributed by atoms with Crippen molar-refractivity contribution in [1.82, 2.24) is 4.98 Å². The number of nitrogens with zero attached hydrogens (tertiary/aromatic N) is 1. The van der Waals surface area contributed by atoms with Crippen LogP contribution in [0, 0.1) is 5.82 Å². The summed E-state index contributed by atoms with van der Waals surface area (Å²) in [6.45, 7) is 1.09. The number of fused-ring (bicyclic) bond motifs is 2. The fourth-order valence-corrected chi connectivity index (χ4v) is 5.82. The summed E-state index contributed by atoms with van der Waals surface area (Å²) in [5, 5.41) is 1.29. The molecule has 0 bridgehead atoms. The van der Waals surface area contributed by atoms with Crippen LogP contribution in [0.5, 0.6) is 5.75 Å². The van der Waals surface area contributed by atoms with Gasteiger partial charge in [0.2, 0.25) is 0 Å². The number of nitrogen functional groups attached to an aromatic ring is 1. The Kier molecular flexibility index (Phi) is 4.43. The second-order valence-electron chi connectivity index (χ2n) is 6.89. The van der Waals surface area contributed by atoms with Gasteiger partial charge in [0.25, 0.3) is 0 Å². The fourth-order valence-electron chi connectivity index (χ4n) is 4.28. The highest BCUT2D eigenvalue weighted by Crippen LogP contribution is 2.51. The van der Waals surface area contributed by atoms with Gasteiger partial charge in [0, 0.05) is 17.5 Å². The zero-order valence-corrected chi connectivity index (χ0v) is 16.7. The number of aromatic nitrogens is 1. The minimum Gasteiger partial charge on any atom is -0.492 e. The van der Waals surface area contributed by atoms with Gasteiger partial charge >= 0.3 is 0 Å².